The van der Waals surface area contributed by atoms with E-state index >= 15 is 0 Å². The fourth-order valence-electron chi connectivity index (χ4n) is 1.83. The maximum Gasteiger partial charge on any atom is 0.0622 e. The lowest BCUT2D eigenvalue weighted by atomic mass is 10.1. The topological polar surface area (TPSA) is 29.9 Å². The van der Waals surface area contributed by atoms with Crippen LogP contribution >= 0.6 is 0 Å². The SMILES string of the molecule is CC.Cc1cn(C2CCNCC2)nc1C. The second kappa shape index (κ2) is 5.91. The van der Waals surface area contributed by atoms with Crippen molar-refractivity contribution in [3.05, 3.63) is 17.5 Å². The maximum atomic E-state index is 4.52. The Labute approximate surface area is 92.9 Å². The number of rotatable bonds is 1. The van der Waals surface area contributed by atoms with Crippen molar-refractivity contribution in [3.63, 3.8) is 0 Å². The van der Waals surface area contributed by atoms with E-state index in [0.717, 1.165) is 13.1 Å². The van der Waals surface area contributed by atoms with Gasteiger partial charge in [0.05, 0.1) is 11.7 Å². The first-order valence-electron chi connectivity index (χ1n) is 6.00. The lowest BCUT2D eigenvalue weighted by Gasteiger charge is -2.22. The highest BCUT2D eigenvalue weighted by Crippen LogP contribution is 2.18. The average Bonchev–Trinajstić information content (AvgIpc) is 2.63. The second-order valence-electron chi connectivity index (χ2n) is 3.86. The van der Waals surface area contributed by atoms with Gasteiger partial charge in [-0.1, -0.05) is 13.8 Å². The van der Waals surface area contributed by atoms with Crippen LogP contribution in [0.3, 0.4) is 0 Å². The summed E-state index contributed by atoms with van der Waals surface area (Å²) in [5, 5.41) is 7.89. The van der Waals surface area contributed by atoms with Crippen LogP contribution in [0.15, 0.2) is 6.20 Å². The monoisotopic (exact) mass is 209 g/mol. The molecule has 0 spiro atoms. The van der Waals surface area contributed by atoms with E-state index in [2.05, 4.69) is 35.1 Å². The Morgan fingerprint density at radius 3 is 2.33 bits per heavy atom. The minimum absolute atomic E-state index is 0.619. The molecule has 0 atom stereocenters. The van der Waals surface area contributed by atoms with Crippen LogP contribution in [0, 0.1) is 13.8 Å². The highest BCUT2D eigenvalue weighted by molar-refractivity contribution is 5.12. The molecular formula is C12H23N3. The van der Waals surface area contributed by atoms with Crippen molar-refractivity contribution in [2.24, 2.45) is 0 Å². The number of hydrogen-bond donors (Lipinski definition) is 1. The van der Waals surface area contributed by atoms with Crippen LogP contribution in [0.5, 0.6) is 0 Å². The number of nitrogens with zero attached hydrogens (tertiary/aromatic N) is 2. The molecule has 0 saturated carbocycles. The van der Waals surface area contributed by atoms with Gasteiger partial charge >= 0.3 is 0 Å². The third-order valence-corrected chi connectivity index (χ3v) is 2.84. The zero-order valence-electron chi connectivity index (χ0n) is 10.4. The molecule has 3 nitrogen and oxygen atoms in total. The molecule has 1 aliphatic heterocycles. The molecule has 0 bridgehead atoms. The first-order valence-corrected chi connectivity index (χ1v) is 6.00. The summed E-state index contributed by atoms with van der Waals surface area (Å²) in [5.74, 6) is 0. The molecule has 0 unspecified atom stereocenters. The molecule has 0 aliphatic carbocycles. The van der Waals surface area contributed by atoms with Gasteiger partial charge in [0.1, 0.15) is 0 Å². The van der Waals surface area contributed by atoms with Crippen molar-refractivity contribution in [2.75, 3.05) is 13.1 Å². The van der Waals surface area contributed by atoms with Gasteiger partial charge in [0.15, 0.2) is 0 Å². The maximum absolute atomic E-state index is 4.52. The molecule has 1 aromatic heterocycles. The zero-order valence-corrected chi connectivity index (χ0v) is 10.4. The molecule has 3 heteroatoms. The van der Waals surface area contributed by atoms with E-state index in [9.17, 15) is 0 Å². The number of piperidine rings is 1. The predicted octanol–water partition coefficient (Wildman–Crippen LogP) is 2.45. The van der Waals surface area contributed by atoms with Gasteiger partial charge in [-0.05, 0) is 45.3 Å². The summed E-state index contributed by atoms with van der Waals surface area (Å²) in [4.78, 5) is 0. The number of aromatic nitrogens is 2. The van der Waals surface area contributed by atoms with Gasteiger partial charge in [0, 0.05) is 6.20 Å². The summed E-state index contributed by atoms with van der Waals surface area (Å²) in [5.41, 5.74) is 2.47. The highest BCUT2D eigenvalue weighted by Gasteiger charge is 2.15. The van der Waals surface area contributed by atoms with Crippen molar-refractivity contribution in [2.45, 2.75) is 46.6 Å². The summed E-state index contributed by atoms with van der Waals surface area (Å²) in [6.45, 7) is 10.5. The van der Waals surface area contributed by atoms with E-state index in [1.165, 1.54) is 24.1 Å². The quantitative estimate of drug-likeness (QED) is 0.770. The molecule has 1 N–H and O–H groups in total. The Morgan fingerprint density at radius 2 is 1.87 bits per heavy atom. The van der Waals surface area contributed by atoms with Crippen LogP contribution in [0.25, 0.3) is 0 Å². The van der Waals surface area contributed by atoms with E-state index in [-0.39, 0.29) is 0 Å². The molecule has 2 heterocycles. The molecule has 15 heavy (non-hydrogen) atoms. The summed E-state index contributed by atoms with van der Waals surface area (Å²) in [7, 11) is 0. The molecule has 86 valence electrons. The van der Waals surface area contributed by atoms with Gasteiger partial charge in [-0.2, -0.15) is 5.10 Å². The minimum atomic E-state index is 0.619. The van der Waals surface area contributed by atoms with E-state index in [0.29, 0.717) is 6.04 Å². The molecule has 0 aromatic carbocycles. The molecule has 0 amide bonds. The van der Waals surface area contributed by atoms with E-state index in [1.807, 2.05) is 13.8 Å². The minimum Gasteiger partial charge on any atom is -0.317 e. The normalized spacial score (nSPS) is 17.1. The molecule has 1 aromatic rings. The predicted molar refractivity (Wildman–Crippen MR) is 64.2 cm³/mol. The van der Waals surface area contributed by atoms with Gasteiger partial charge in [0.25, 0.3) is 0 Å². The van der Waals surface area contributed by atoms with Crippen molar-refractivity contribution >= 4 is 0 Å². The molecule has 1 saturated heterocycles. The molecule has 1 aliphatic rings. The van der Waals surface area contributed by atoms with Gasteiger partial charge in [-0.3, -0.25) is 4.68 Å². The van der Waals surface area contributed by atoms with E-state index in [4.69, 9.17) is 0 Å². The van der Waals surface area contributed by atoms with Crippen LogP contribution < -0.4 is 5.32 Å². The largest absolute Gasteiger partial charge is 0.317 e. The third kappa shape index (κ3) is 3.06. The summed E-state index contributed by atoms with van der Waals surface area (Å²) >= 11 is 0. The molecule has 2 rings (SSSR count). The van der Waals surface area contributed by atoms with Crippen molar-refractivity contribution < 1.29 is 0 Å². The Bertz CT molecular complexity index is 266. The highest BCUT2D eigenvalue weighted by atomic mass is 15.3. The van der Waals surface area contributed by atoms with Crippen LogP contribution in [-0.2, 0) is 0 Å². The first kappa shape index (κ1) is 12.2. The summed E-state index contributed by atoms with van der Waals surface area (Å²) in [6.07, 6.45) is 4.59. The van der Waals surface area contributed by atoms with Crippen LogP contribution in [0.2, 0.25) is 0 Å². The Kier molecular flexibility index (Phi) is 4.82. The van der Waals surface area contributed by atoms with Crippen LogP contribution in [0.1, 0.15) is 44.0 Å². The Morgan fingerprint density at radius 1 is 1.27 bits per heavy atom. The smallest absolute Gasteiger partial charge is 0.0622 e. The average molecular weight is 209 g/mol. The summed E-state index contributed by atoms with van der Waals surface area (Å²) < 4.78 is 2.14. The number of hydrogen-bond acceptors (Lipinski definition) is 2. The van der Waals surface area contributed by atoms with Gasteiger partial charge in [0.2, 0.25) is 0 Å². The fourth-order valence-corrected chi connectivity index (χ4v) is 1.83. The molecule has 0 radical (unpaired) electrons. The zero-order chi connectivity index (χ0) is 11.3. The lowest BCUT2D eigenvalue weighted by Crippen LogP contribution is -2.29. The molecule has 1 fully saturated rings. The van der Waals surface area contributed by atoms with Crippen molar-refractivity contribution in [1.29, 1.82) is 0 Å². The Balaban J connectivity index is 0.000000531. The van der Waals surface area contributed by atoms with Crippen molar-refractivity contribution in [1.82, 2.24) is 15.1 Å². The fraction of sp³-hybridized carbons (Fsp3) is 0.750. The first-order chi connectivity index (χ1) is 7.27. The van der Waals surface area contributed by atoms with Gasteiger partial charge < -0.3 is 5.32 Å². The summed E-state index contributed by atoms with van der Waals surface area (Å²) in [6, 6.07) is 0.619. The van der Waals surface area contributed by atoms with E-state index in [1.54, 1.807) is 0 Å². The van der Waals surface area contributed by atoms with Crippen LogP contribution in [0.4, 0.5) is 0 Å². The van der Waals surface area contributed by atoms with Gasteiger partial charge in [-0.25, -0.2) is 0 Å². The third-order valence-electron chi connectivity index (χ3n) is 2.84. The lowest BCUT2D eigenvalue weighted by molar-refractivity contribution is 0.342. The number of nitrogens with one attached hydrogen (secondary N) is 1. The molecular weight excluding hydrogens is 186 g/mol. The standard InChI is InChI=1S/C10H17N3.C2H6/c1-8-7-13(12-9(8)2)10-3-5-11-6-4-10;1-2/h7,10-11H,3-6H2,1-2H3;1-2H3. The van der Waals surface area contributed by atoms with Crippen LogP contribution in [-0.4, -0.2) is 22.9 Å². The number of aryl methyl sites for hydroxylation is 2. The second-order valence-corrected chi connectivity index (χ2v) is 3.86. The van der Waals surface area contributed by atoms with Crippen molar-refractivity contribution in [3.8, 4) is 0 Å². The Hall–Kier alpha value is -0.830. The van der Waals surface area contributed by atoms with E-state index < -0.39 is 0 Å². The van der Waals surface area contributed by atoms with Gasteiger partial charge in [-0.15, -0.1) is 0 Å².